The first-order valence-corrected chi connectivity index (χ1v) is 8.26. The number of rotatable bonds is 3. The Bertz CT molecular complexity index is 108. The van der Waals surface area contributed by atoms with Gasteiger partial charge in [0.25, 0.3) is 0 Å². The number of hydrogen-bond donors (Lipinski definition) is 0. The quantitative estimate of drug-likeness (QED) is 0.508. The number of hydrogen-bond acceptors (Lipinski definition) is 0. The van der Waals surface area contributed by atoms with Crippen molar-refractivity contribution < 1.29 is 0 Å². The van der Waals surface area contributed by atoms with Gasteiger partial charge in [-0.1, -0.05) is 92.9 Å². The summed E-state index contributed by atoms with van der Waals surface area (Å²) < 4.78 is 0. The van der Waals surface area contributed by atoms with Gasteiger partial charge in [-0.25, -0.2) is 0 Å². The Balaban J connectivity index is 0. The molecule has 106 valence electrons. The number of unbranched alkanes of at least 4 members (excludes halogenated alkanes) is 2. The maximum atomic E-state index is 2.36. The van der Waals surface area contributed by atoms with E-state index in [4.69, 9.17) is 0 Å². The van der Waals surface area contributed by atoms with Crippen LogP contribution in [-0.4, -0.2) is 0 Å². The zero-order valence-corrected chi connectivity index (χ0v) is 13.5. The van der Waals surface area contributed by atoms with E-state index < -0.39 is 0 Å². The molecule has 0 aliphatic heterocycles. The molecule has 0 heteroatoms. The SMILES string of the molecule is C1CC1.CC.CCC1CCC1C.CCCCC. The maximum Gasteiger partial charge on any atom is -0.0391 e. The molecule has 0 amide bonds. The molecule has 2 rings (SSSR count). The molecule has 2 unspecified atom stereocenters. The molecule has 0 aromatic carbocycles. The van der Waals surface area contributed by atoms with Crippen molar-refractivity contribution in [3.8, 4) is 0 Å². The summed E-state index contributed by atoms with van der Waals surface area (Å²) in [7, 11) is 0. The summed E-state index contributed by atoms with van der Waals surface area (Å²) >= 11 is 0. The molecule has 2 aliphatic carbocycles. The van der Waals surface area contributed by atoms with Gasteiger partial charge in [0.2, 0.25) is 0 Å². The largest absolute Gasteiger partial charge is 0.0683 e. The van der Waals surface area contributed by atoms with Crippen LogP contribution in [0.1, 0.15) is 99.3 Å². The van der Waals surface area contributed by atoms with Gasteiger partial charge in [-0.15, -0.1) is 0 Å². The van der Waals surface area contributed by atoms with Crippen molar-refractivity contribution in [3.05, 3.63) is 0 Å². The summed E-state index contributed by atoms with van der Waals surface area (Å²) in [5.41, 5.74) is 0. The van der Waals surface area contributed by atoms with Gasteiger partial charge in [-0.05, 0) is 18.3 Å². The Kier molecular flexibility index (Phi) is 18.2. The molecule has 2 saturated carbocycles. The van der Waals surface area contributed by atoms with E-state index in [2.05, 4.69) is 27.7 Å². The predicted octanol–water partition coefficient (Wildman–Crippen LogP) is 6.84. The molecule has 0 spiro atoms. The summed E-state index contributed by atoms with van der Waals surface area (Å²) in [6, 6.07) is 0. The Morgan fingerprint density at radius 3 is 1.29 bits per heavy atom. The Labute approximate surface area is 112 Å². The van der Waals surface area contributed by atoms with Gasteiger partial charge in [0.15, 0.2) is 0 Å². The molecule has 0 saturated heterocycles. The lowest BCUT2D eigenvalue weighted by Crippen LogP contribution is -2.21. The van der Waals surface area contributed by atoms with Gasteiger partial charge in [-0.3, -0.25) is 0 Å². The van der Waals surface area contributed by atoms with Crippen molar-refractivity contribution in [1.29, 1.82) is 0 Å². The first-order chi connectivity index (χ1) is 8.26. The lowest BCUT2D eigenvalue weighted by molar-refractivity contribution is 0.190. The van der Waals surface area contributed by atoms with Crippen LogP contribution in [0.25, 0.3) is 0 Å². The van der Waals surface area contributed by atoms with E-state index in [1.165, 1.54) is 57.8 Å². The normalized spacial score (nSPS) is 23.6. The third-order valence-corrected chi connectivity index (χ3v) is 3.38. The van der Waals surface area contributed by atoms with E-state index in [-0.39, 0.29) is 0 Å². The summed E-state index contributed by atoms with van der Waals surface area (Å²) in [6.45, 7) is 13.1. The molecule has 17 heavy (non-hydrogen) atoms. The standard InChI is InChI=1S/C7H14.C5H12.C3H6.C2H6/c1-3-7-5-4-6(7)2;1-3-5-4-2;1-2-3-1;1-2/h6-7H,3-5H2,1-2H3;3-5H2,1-2H3;1-3H2;1-2H3. The van der Waals surface area contributed by atoms with Gasteiger partial charge in [-0.2, -0.15) is 0 Å². The Morgan fingerprint density at radius 1 is 0.824 bits per heavy atom. The molecule has 0 nitrogen and oxygen atoms in total. The maximum absolute atomic E-state index is 2.36. The van der Waals surface area contributed by atoms with Crippen LogP contribution < -0.4 is 0 Å². The molecule has 2 aliphatic rings. The first kappa shape index (κ1) is 19.3. The highest BCUT2D eigenvalue weighted by Crippen LogP contribution is 2.35. The van der Waals surface area contributed by atoms with E-state index in [0.717, 1.165) is 11.8 Å². The minimum atomic E-state index is 1.05. The van der Waals surface area contributed by atoms with Crippen LogP contribution in [0.2, 0.25) is 0 Å². The monoisotopic (exact) mass is 242 g/mol. The molecule has 0 aromatic rings. The van der Waals surface area contributed by atoms with E-state index in [1.807, 2.05) is 13.8 Å². The van der Waals surface area contributed by atoms with Gasteiger partial charge in [0, 0.05) is 0 Å². The smallest absolute Gasteiger partial charge is 0.0391 e. The van der Waals surface area contributed by atoms with E-state index >= 15 is 0 Å². The van der Waals surface area contributed by atoms with Crippen molar-refractivity contribution in [1.82, 2.24) is 0 Å². The van der Waals surface area contributed by atoms with Crippen LogP contribution in [0.3, 0.4) is 0 Å². The van der Waals surface area contributed by atoms with Crippen LogP contribution in [-0.2, 0) is 0 Å². The lowest BCUT2D eigenvalue weighted by atomic mass is 9.74. The Morgan fingerprint density at radius 2 is 1.29 bits per heavy atom. The van der Waals surface area contributed by atoms with Crippen molar-refractivity contribution in [2.24, 2.45) is 11.8 Å². The molecular weight excluding hydrogens is 204 g/mol. The lowest BCUT2D eigenvalue weighted by Gasteiger charge is -2.32. The van der Waals surface area contributed by atoms with Crippen molar-refractivity contribution >= 4 is 0 Å². The fourth-order valence-electron chi connectivity index (χ4n) is 1.70. The van der Waals surface area contributed by atoms with E-state index in [9.17, 15) is 0 Å². The molecule has 0 bridgehead atoms. The molecule has 0 heterocycles. The first-order valence-electron chi connectivity index (χ1n) is 8.26. The molecule has 0 aromatic heterocycles. The van der Waals surface area contributed by atoms with Gasteiger partial charge >= 0.3 is 0 Å². The van der Waals surface area contributed by atoms with Crippen LogP contribution in [0.4, 0.5) is 0 Å². The van der Waals surface area contributed by atoms with E-state index in [0.29, 0.717) is 0 Å². The predicted molar refractivity (Wildman–Crippen MR) is 82.6 cm³/mol. The van der Waals surface area contributed by atoms with Crippen LogP contribution in [0, 0.1) is 11.8 Å². The van der Waals surface area contributed by atoms with Crippen molar-refractivity contribution in [3.63, 3.8) is 0 Å². The van der Waals surface area contributed by atoms with Crippen molar-refractivity contribution in [2.75, 3.05) is 0 Å². The topological polar surface area (TPSA) is 0 Å². The highest BCUT2D eigenvalue weighted by atomic mass is 14.3. The summed E-state index contributed by atoms with van der Waals surface area (Å²) in [4.78, 5) is 0. The average molecular weight is 242 g/mol. The molecule has 2 atom stereocenters. The van der Waals surface area contributed by atoms with Crippen LogP contribution >= 0.6 is 0 Å². The van der Waals surface area contributed by atoms with Gasteiger partial charge < -0.3 is 0 Å². The fourth-order valence-corrected chi connectivity index (χ4v) is 1.70. The highest BCUT2D eigenvalue weighted by Gasteiger charge is 2.23. The Hall–Kier alpha value is 0. The minimum absolute atomic E-state index is 1.05. The average Bonchev–Trinajstić information content (AvgIpc) is 3.20. The van der Waals surface area contributed by atoms with Crippen LogP contribution in [0.15, 0.2) is 0 Å². The van der Waals surface area contributed by atoms with Gasteiger partial charge in [0.1, 0.15) is 0 Å². The second-order valence-electron chi connectivity index (χ2n) is 5.14. The van der Waals surface area contributed by atoms with Crippen molar-refractivity contribution in [2.45, 2.75) is 99.3 Å². The molecule has 2 fully saturated rings. The second-order valence-corrected chi connectivity index (χ2v) is 5.14. The zero-order chi connectivity index (χ0) is 13.5. The third-order valence-electron chi connectivity index (χ3n) is 3.38. The molecular formula is C17H38. The van der Waals surface area contributed by atoms with Crippen LogP contribution in [0.5, 0.6) is 0 Å². The van der Waals surface area contributed by atoms with Gasteiger partial charge in [0.05, 0.1) is 0 Å². The van der Waals surface area contributed by atoms with E-state index in [1.54, 1.807) is 0 Å². The summed E-state index contributed by atoms with van der Waals surface area (Å²) in [5.74, 6) is 2.13. The third kappa shape index (κ3) is 16.0. The second kappa shape index (κ2) is 16.0. The summed E-state index contributed by atoms with van der Waals surface area (Å²) in [6.07, 6.45) is 13.0. The fraction of sp³-hybridized carbons (Fsp3) is 1.00. The highest BCUT2D eigenvalue weighted by molar-refractivity contribution is 4.75. The zero-order valence-electron chi connectivity index (χ0n) is 13.5. The minimum Gasteiger partial charge on any atom is -0.0683 e. The molecule has 0 N–H and O–H groups in total. The molecule has 0 radical (unpaired) electrons. The summed E-state index contributed by atoms with van der Waals surface area (Å²) in [5, 5.41) is 0.